The van der Waals surface area contributed by atoms with Gasteiger partial charge in [-0.05, 0) is 12.8 Å². The van der Waals surface area contributed by atoms with Crippen LogP contribution < -0.4 is 10.1 Å². The fourth-order valence-electron chi connectivity index (χ4n) is 1.61. The molecule has 2 aromatic heterocycles. The van der Waals surface area contributed by atoms with Gasteiger partial charge in [-0.2, -0.15) is 4.98 Å². The van der Waals surface area contributed by atoms with E-state index in [4.69, 9.17) is 4.74 Å². The number of aryl methyl sites for hydroxylation is 1. The summed E-state index contributed by atoms with van der Waals surface area (Å²) >= 11 is 0. The Morgan fingerprint density at radius 1 is 1.32 bits per heavy atom. The third-order valence-corrected chi connectivity index (χ3v) is 2.51. The van der Waals surface area contributed by atoms with E-state index in [1.807, 2.05) is 6.20 Å². The van der Waals surface area contributed by atoms with Crippen LogP contribution in [-0.4, -0.2) is 33.1 Å². The minimum Gasteiger partial charge on any atom is -0.478 e. The molecule has 0 saturated heterocycles. The van der Waals surface area contributed by atoms with Gasteiger partial charge in [0.15, 0.2) is 0 Å². The Morgan fingerprint density at radius 3 is 3.05 bits per heavy atom. The number of hydrogen-bond acceptors (Lipinski definition) is 5. The van der Waals surface area contributed by atoms with Gasteiger partial charge < -0.3 is 15.0 Å². The minimum absolute atomic E-state index is 0.605. The average Bonchev–Trinajstić information content (AvgIpc) is 2.95. The van der Waals surface area contributed by atoms with Crippen molar-refractivity contribution in [3.05, 3.63) is 30.5 Å². The van der Waals surface area contributed by atoms with Gasteiger partial charge in [0, 0.05) is 37.6 Å². The molecule has 0 aliphatic carbocycles. The van der Waals surface area contributed by atoms with Crippen molar-refractivity contribution < 1.29 is 4.74 Å². The Balaban J connectivity index is 1.73. The zero-order valence-corrected chi connectivity index (χ0v) is 11.1. The molecule has 0 saturated carbocycles. The van der Waals surface area contributed by atoms with E-state index in [1.165, 1.54) is 0 Å². The molecule has 19 heavy (non-hydrogen) atoms. The van der Waals surface area contributed by atoms with Crippen molar-refractivity contribution in [2.75, 3.05) is 18.5 Å². The summed E-state index contributed by atoms with van der Waals surface area (Å²) in [5, 5.41) is 3.18. The first-order chi connectivity index (χ1) is 9.38. The summed E-state index contributed by atoms with van der Waals surface area (Å²) in [4.78, 5) is 15.7. The second kappa shape index (κ2) is 7.35. The molecule has 0 aliphatic heterocycles. The molecule has 0 aliphatic rings. The monoisotopic (exact) mass is 261 g/mol. The molecule has 2 aromatic rings. The summed E-state index contributed by atoms with van der Waals surface area (Å²) in [5.74, 6) is 2.22. The highest BCUT2D eigenvalue weighted by Gasteiger charge is 2.00. The molecule has 2 N–H and O–H groups in total. The van der Waals surface area contributed by atoms with E-state index < -0.39 is 0 Å². The standard InChI is InChI=1S/C13H19N5O/c1-2-10-19-12-5-7-17-13(18-12)16-6-3-4-11-14-8-9-15-11/h5,7-9H,2-4,6,10H2,1H3,(H,14,15)(H,16,17,18). The zero-order chi connectivity index (χ0) is 13.3. The second-order valence-electron chi connectivity index (χ2n) is 4.13. The van der Waals surface area contributed by atoms with Crippen LogP contribution in [0.4, 0.5) is 5.95 Å². The largest absolute Gasteiger partial charge is 0.478 e. The van der Waals surface area contributed by atoms with Gasteiger partial charge in [-0.1, -0.05) is 6.92 Å². The Labute approximate surface area is 112 Å². The van der Waals surface area contributed by atoms with E-state index in [9.17, 15) is 0 Å². The lowest BCUT2D eigenvalue weighted by atomic mass is 10.3. The molecule has 2 rings (SSSR count). The molecule has 0 amide bonds. The van der Waals surface area contributed by atoms with E-state index in [2.05, 4.69) is 32.2 Å². The number of nitrogens with zero attached hydrogens (tertiary/aromatic N) is 3. The van der Waals surface area contributed by atoms with E-state index in [-0.39, 0.29) is 0 Å². The molecule has 2 heterocycles. The van der Waals surface area contributed by atoms with Gasteiger partial charge in [0.1, 0.15) is 5.82 Å². The molecule has 0 aromatic carbocycles. The molecule has 0 spiro atoms. The first-order valence-electron chi connectivity index (χ1n) is 6.56. The second-order valence-corrected chi connectivity index (χ2v) is 4.13. The lowest BCUT2D eigenvalue weighted by Crippen LogP contribution is -2.07. The predicted molar refractivity (Wildman–Crippen MR) is 73.2 cm³/mol. The number of imidazole rings is 1. The number of nitrogens with one attached hydrogen (secondary N) is 2. The fraction of sp³-hybridized carbons (Fsp3) is 0.462. The van der Waals surface area contributed by atoms with Gasteiger partial charge in [0.25, 0.3) is 0 Å². The topological polar surface area (TPSA) is 75.7 Å². The van der Waals surface area contributed by atoms with Gasteiger partial charge in [0.2, 0.25) is 11.8 Å². The van der Waals surface area contributed by atoms with E-state index in [1.54, 1.807) is 18.5 Å². The predicted octanol–water partition coefficient (Wildman–Crippen LogP) is 2.03. The Bertz CT molecular complexity index is 472. The van der Waals surface area contributed by atoms with Crippen molar-refractivity contribution >= 4 is 5.95 Å². The van der Waals surface area contributed by atoms with Crippen molar-refractivity contribution in [2.45, 2.75) is 26.2 Å². The highest BCUT2D eigenvalue weighted by Crippen LogP contribution is 2.08. The Hall–Kier alpha value is -2.11. The normalized spacial score (nSPS) is 10.4. The Kier molecular flexibility index (Phi) is 5.16. The highest BCUT2D eigenvalue weighted by molar-refractivity contribution is 5.27. The molecule has 0 radical (unpaired) electrons. The number of ether oxygens (including phenoxy) is 1. The van der Waals surface area contributed by atoms with Crippen LogP contribution in [-0.2, 0) is 6.42 Å². The summed E-state index contributed by atoms with van der Waals surface area (Å²) in [6.45, 7) is 3.54. The minimum atomic E-state index is 0.605. The van der Waals surface area contributed by atoms with E-state index in [0.717, 1.165) is 31.6 Å². The van der Waals surface area contributed by atoms with Gasteiger partial charge >= 0.3 is 0 Å². The fourth-order valence-corrected chi connectivity index (χ4v) is 1.61. The van der Waals surface area contributed by atoms with Crippen LogP contribution in [0.3, 0.4) is 0 Å². The maximum Gasteiger partial charge on any atom is 0.225 e. The summed E-state index contributed by atoms with van der Waals surface area (Å²) in [6, 6.07) is 1.77. The SMILES string of the molecule is CCCOc1ccnc(NCCCc2ncc[nH]2)n1. The average molecular weight is 261 g/mol. The van der Waals surface area contributed by atoms with Crippen LogP contribution in [0.25, 0.3) is 0 Å². The van der Waals surface area contributed by atoms with Crippen molar-refractivity contribution in [2.24, 2.45) is 0 Å². The molecule has 0 atom stereocenters. The smallest absolute Gasteiger partial charge is 0.225 e. The molecule has 0 fully saturated rings. The lowest BCUT2D eigenvalue weighted by molar-refractivity contribution is 0.305. The van der Waals surface area contributed by atoms with Crippen LogP contribution in [0.15, 0.2) is 24.7 Å². The zero-order valence-electron chi connectivity index (χ0n) is 11.1. The maximum atomic E-state index is 5.45. The molecule has 0 bridgehead atoms. The van der Waals surface area contributed by atoms with Crippen LogP contribution >= 0.6 is 0 Å². The van der Waals surface area contributed by atoms with Gasteiger partial charge in [-0.3, -0.25) is 0 Å². The number of aromatic amines is 1. The van der Waals surface area contributed by atoms with Gasteiger partial charge in [-0.15, -0.1) is 0 Å². The molecular formula is C13H19N5O. The first kappa shape index (κ1) is 13.3. The molecule has 102 valence electrons. The number of rotatable bonds is 8. The summed E-state index contributed by atoms with van der Waals surface area (Å²) in [5.41, 5.74) is 0. The lowest BCUT2D eigenvalue weighted by Gasteiger charge is -2.06. The van der Waals surface area contributed by atoms with Crippen LogP contribution in [0.2, 0.25) is 0 Å². The molecular weight excluding hydrogens is 242 g/mol. The van der Waals surface area contributed by atoms with Crippen LogP contribution in [0.1, 0.15) is 25.6 Å². The van der Waals surface area contributed by atoms with Gasteiger partial charge in [0.05, 0.1) is 6.61 Å². The van der Waals surface area contributed by atoms with Gasteiger partial charge in [-0.25, -0.2) is 9.97 Å². The number of H-pyrrole nitrogens is 1. The van der Waals surface area contributed by atoms with Crippen molar-refractivity contribution in [1.29, 1.82) is 0 Å². The quantitative estimate of drug-likeness (QED) is 0.711. The van der Waals surface area contributed by atoms with E-state index in [0.29, 0.717) is 18.4 Å². The Morgan fingerprint density at radius 2 is 2.26 bits per heavy atom. The molecule has 6 heteroatoms. The summed E-state index contributed by atoms with van der Waals surface area (Å²) in [6.07, 6.45) is 8.15. The maximum absolute atomic E-state index is 5.45. The van der Waals surface area contributed by atoms with Crippen LogP contribution in [0.5, 0.6) is 5.88 Å². The molecule has 6 nitrogen and oxygen atoms in total. The van der Waals surface area contributed by atoms with Crippen molar-refractivity contribution in [1.82, 2.24) is 19.9 Å². The number of anilines is 1. The van der Waals surface area contributed by atoms with Crippen molar-refractivity contribution in [3.63, 3.8) is 0 Å². The third kappa shape index (κ3) is 4.57. The highest BCUT2D eigenvalue weighted by atomic mass is 16.5. The van der Waals surface area contributed by atoms with Crippen molar-refractivity contribution in [3.8, 4) is 5.88 Å². The number of hydrogen-bond donors (Lipinski definition) is 2. The van der Waals surface area contributed by atoms with Crippen LogP contribution in [0, 0.1) is 0 Å². The summed E-state index contributed by atoms with van der Waals surface area (Å²) < 4.78 is 5.45. The number of aromatic nitrogens is 4. The summed E-state index contributed by atoms with van der Waals surface area (Å²) in [7, 11) is 0. The first-order valence-corrected chi connectivity index (χ1v) is 6.56. The van der Waals surface area contributed by atoms with E-state index >= 15 is 0 Å². The molecule has 0 unspecified atom stereocenters. The third-order valence-electron chi connectivity index (χ3n) is 2.51.